The highest BCUT2D eigenvalue weighted by Gasteiger charge is 2.09. The summed E-state index contributed by atoms with van der Waals surface area (Å²) in [6, 6.07) is 17.7. The highest BCUT2D eigenvalue weighted by atomic mass is 14.9. The second-order valence-electron chi connectivity index (χ2n) is 4.86. The van der Waals surface area contributed by atoms with Crippen molar-refractivity contribution in [3.63, 3.8) is 0 Å². The summed E-state index contributed by atoms with van der Waals surface area (Å²) in [7, 11) is 0. The lowest BCUT2D eigenvalue weighted by atomic mass is 10.1. The minimum atomic E-state index is 0.434. The van der Waals surface area contributed by atoms with Gasteiger partial charge in [0.1, 0.15) is 5.69 Å². The molecule has 21 heavy (non-hydrogen) atoms. The average molecular weight is 272 g/mol. The van der Waals surface area contributed by atoms with Crippen LogP contribution in [0.4, 0.5) is 5.82 Å². The van der Waals surface area contributed by atoms with E-state index in [1.807, 2.05) is 54.6 Å². The first-order chi connectivity index (χ1) is 10.3. The summed E-state index contributed by atoms with van der Waals surface area (Å²) in [5, 5.41) is 1.09. The van der Waals surface area contributed by atoms with Crippen LogP contribution >= 0.6 is 0 Å². The molecule has 2 aromatic heterocycles. The van der Waals surface area contributed by atoms with Gasteiger partial charge in [0.25, 0.3) is 0 Å². The number of nitrogens with two attached hydrogens (primary N) is 1. The first kappa shape index (κ1) is 11.8. The molecule has 0 saturated carbocycles. The average Bonchev–Trinajstić information content (AvgIpc) is 2.54. The Balaban J connectivity index is 1.96. The molecule has 4 aromatic rings. The Hall–Kier alpha value is -3.01. The molecule has 2 N–H and O–H groups in total. The van der Waals surface area contributed by atoms with Crippen LogP contribution < -0.4 is 5.73 Å². The molecule has 0 aliphatic rings. The fraction of sp³-hybridized carbons (Fsp3) is 0. The van der Waals surface area contributed by atoms with Crippen LogP contribution in [0.5, 0.6) is 0 Å². The summed E-state index contributed by atoms with van der Waals surface area (Å²) < 4.78 is 0. The monoisotopic (exact) mass is 272 g/mol. The second-order valence-corrected chi connectivity index (χ2v) is 4.86. The number of aromatic nitrogens is 3. The van der Waals surface area contributed by atoms with E-state index >= 15 is 0 Å². The summed E-state index contributed by atoms with van der Waals surface area (Å²) in [6.07, 6.45) is 1.78. The van der Waals surface area contributed by atoms with Crippen molar-refractivity contribution in [2.75, 3.05) is 5.73 Å². The normalized spacial score (nSPS) is 11.0. The summed E-state index contributed by atoms with van der Waals surface area (Å²) in [5.41, 5.74) is 10.3. The van der Waals surface area contributed by atoms with Gasteiger partial charge < -0.3 is 5.73 Å². The molecule has 2 heterocycles. The van der Waals surface area contributed by atoms with Crippen LogP contribution in [-0.4, -0.2) is 15.0 Å². The van der Waals surface area contributed by atoms with Gasteiger partial charge in [0.2, 0.25) is 0 Å². The van der Waals surface area contributed by atoms with Crippen LogP contribution in [0.15, 0.2) is 60.8 Å². The first-order valence-electron chi connectivity index (χ1n) is 6.69. The van der Waals surface area contributed by atoms with Gasteiger partial charge in [0, 0.05) is 17.1 Å². The van der Waals surface area contributed by atoms with Gasteiger partial charge in [-0.2, -0.15) is 0 Å². The number of rotatable bonds is 1. The summed E-state index contributed by atoms with van der Waals surface area (Å²) in [6.45, 7) is 0. The number of para-hydroxylation sites is 2. The Kier molecular flexibility index (Phi) is 2.54. The van der Waals surface area contributed by atoms with E-state index in [9.17, 15) is 0 Å². The molecule has 0 fully saturated rings. The van der Waals surface area contributed by atoms with Crippen LogP contribution in [0.3, 0.4) is 0 Å². The number of hydrogen-bond donors (Lipinski definition) is 1. The van der Waals surface area contributed by atoms with E-state index in [-0.39, 0.29) is 0 Å². The lowest BCUT2D eigenvalue weighted by Gasteiger charge is -2.07. The molecule has 0 atom stereocenters. The summed E-state index contributed by atoms with van der Waals surface area (Å²) >= 11 is 0. The second kappa shape index (κ2) is 4.52. The predicted molar refractivity (Wildman–Crippen MR) is 84.7 cm³/mol. The van der Waals surface area contributed by atoms with Gasteiger partial charge in [0.05, 0.1) is 16.6 Å². The molecular weight excluding hydrogens is 260 g/mol. The van der Waals surface area contributed by atoms with Crippen LogP contribution in [0.2, 0.25) is 0 Å². The quantitative estimate of drug-likeness (QED) is 0.576. The maximum Gasteiger partial charge on any atom is 0.150 e. The number of benzene rings is 2. The minimum Gasteiger partial charge on any atom is -0.382 e. The Morgan fingerprint density at radius 3 is 2.43 bits per heavy atom. The third-order valence-electron chi connectivity index (χ3n) is 3.48. The van der Waals surface area contributed by atoms with E-state index in [4.69, 9.17) is 5.73 Å². The first-order valence-corrected chi connectivity index (χ1v) is 6.69. The number of anilines is 1. The molecule has 0 bridgehead atoms. The Morgan fingerprint density at radius 1 is 0.762 bits per heavy atom. The molecule has 4 heteroatoms. The highest BCUT2D eigenvalue weighted by molar-refractivity contribution is 5.87. The summed E-state index contributed by atoms with van der Waals surface area (Å²) in [5.74, 6) is 0.434. The third-order valence-corrected chi connectivity index (χ3v) is 3.48. The maximum absolute atomic E-state index is 6.07. The van der Waals surface area contributed by atoms with E-state index in [1.54, 1.807) is 6.20 Å². The molecule has 0 saturated heterocycles. The van der Waals surface area contributed by atoms with Gasteiger partial charge in [0.15, 0.2) is 5.82 Å². The lowest BCUT2D eigenvalue weighted by Crippen LogP contribution is -1.98. The zero-order valence-electron chi connectivity index (χ0n) is 11.2. The molecule has 100 valence electrons. The van der Waals surface area contributed by atoms with Crippen LogP contribution in [-0.2, 0) is 0 Å². The Labute approximate surface area is 121 Å². The smallest absolute Gasteiger partial charge is 0.150 e. The SMILES string of the molecule is Nc1nc2ccccc2nc1-c1ccc2cccnc2c1. The van der Waals surface area contributed by atoms with Crippen LogP contribution in [0.1, 0.15) is 0 Å². The fourth-order valence-corrected chi connectivity index (χ4v) is 2.44. The van der Waals surface area contributed by atoms with Crippen LogP contribution in [0.25, 0.3) is 33.2 Å². The van der Waals surface area contributed by atoms with Crippen molar-refractivity contribution in [1.82, 2.24) is 15.0 Å². The van der Waals surface area contributed by atoms with Crippen molar-refractivity contribution < 1.29 is 0 Å². The molecule has 4 nitrogen and oxygen atoms in total. The molecule has 0 aliphatic carbocycles. The van der Waals surface area contributed by atoms with E-state index < -0.39 is 0 Å². The highest BCUT2D eigenvalue weighted by Crippen LogP contribution is 2.27. The number of fused-ring (bicyclic) bond motifs is 2. The van der Waals surface area contributed by atoms with Gasteiger partial charge in [-0.25, -0.2) is 9.97 Å². The third kappa shape index (κ3) is 1.97. The van der Waals surface area contributed by atoms with E-state index in [0.717, 1.165) is 27.5 Å². The van der Waals surface area contributed by atoms with Gasteiger partial charge >= 0.3 is 0 Å². The molecule has 0 radical (unpaired) electrons. The topological polar surface area (TPSA) is 64.7 Å². The number of pyridine rings is 1. The van der Waals surface area contributed by atoms with Crippen molar-refractivity contribution in [2.45, 2.75) is 0 Å². The van der Waals surface area contributed by atoms with Gasteiger partial charge in [-0.3, -0.25) is 4.98 Å². The lowest BCUT2D eigenvalue weighted by molar-refractivity contribution is 1.30. The van der Waals surface area contributed by atoms with Crippen molar-refractivity contribution in [3.05, 3.63) is 60.8 Å². The minimum absolute atomic E-state index is 0.434. The zero-order valence-corrected chi connectivity index (χ0v) is 11.2. The Bertz CT molecular complexity index is 963. The fourth-order valence-electron chi connectivity index (χ4n) is 2.44. The van der Waals surface area contributed by atoms with E-state index in [0.29, 0.717) is 11.5 Å². The van der Waals surface area contributed by atoms with Gasteiger partial charge in [-0.1, -0.05) is 30.3 Å². The maximum atomic E-state index is 6.07. The van der Waals surface area contributed by atoms with Crippen LogP contribution in [0, 0.1) is 0 Å². The number of hydrogen-bond acceptors (Lipinski definition) is 4. The van der Waals surface area contributed by atoms with E-state index in [2.05, 4.69) is 15.0 Å². The number of nitrogen functional groups attached to an aromatic ring is 1. The largest absolute Gasteiger partial charge is 0.382 e. The number of nitrogens with zero attached hydrogens (tertiary/aromatic N) is 3. The Morgan fingerprint density at radius 2 is 1.57 bits per heavy atom. The molecule has 2 aromatic carbocycles. The molecule has 0 aliphatic heterocycles. The van der Waals surface area contributed by atoms with Crippen molar-refractivity contribution >= 4 is 27.8 Å². The molecule has 0 unspecified atom stereocenters. The standard InChI is InChI=1S/C17H12N4/c18-17-16(20-13-5-1-2-6-14(13)21-17)12-8-7-11-4-3-9-19-15(11)10-12/h1-10H,(H2,18,21). The zero-order chi connectivity index (χ0) is 14.2. The van der Waals surface area contributed by atoms with E-state index in [1.165, 1.54) is 0 Å². The molecule has 0 spiro atoms. The van der Waals surface area contributed by atoms with Crippen molar-refractivity contribution in [1.29, 1.82) is 0 Å². The molecule has 4 rings (SSSR count). The van der Waals surface area contributed by atoms with Crippen molar-refractivity contribution in [3.8, 4) is 11.3 Å². The molecular formula is C17H12N4. The van der Waals surface area contributed by atoms with Crippen molar-refractivity contribution in [2.24, 2.45) is 0 Å². The van der Waals surface area contributed by atoms with Gasteiger partial charge in [-0.05, 0) is 24.3 Å². The predicted octanol–water partition coefficient (Wildman–Crippen LogP) is 3.43. The summed E-state index contributed by atoms with van der Waals surface area (Å²) in [4.78, 5) is 13.4. The van der Waals surface area contributed by atoms with Gasteiger partial charge in [-0.15, -0.1) is 0 Å². The molecule has 0 amide bonds.